The van der Waals surface area contributed by atoms with Crippen LogP contribution in [0.4, 0.5) is 0 Å². The van der Waals surface area contributed by atoms with E-state index in [1.165, 1.54) is 35.6 Å². The maximum atomic E-state index is 6.58. The van der Waals surface area contributed by atoms with E-state index in [0.717, 1.165) is 30.5 Å². The number of halogens is 1. The van der Waals surface area contributed by atoms with Crippen molar-refractivity contribution < 1.29 is 4.43 Å². The van der Waals surface area contributed by atoms with Crippen molar-refractivity contribution in [1.82, 2.24) is 0 Å². The lowest BCUT2D eigenvalue weighted by molar-refractivity contribution is 0.286. The molecule has 0 aliphatic carbocycles. The van der Waals surface area contributed by atoms with Crippen LogP contribution in [-0.4, -0.2) is 15.6 Å². The van der Waals surface area contributed by atoms with Gasteiger partial charge in [0.15, 0.2) is 9.04 Å². The zero-order valence-electron chi connectivity index (χ0n) is 11.5. The van der Waals surface area contributed by atoms with Gasteiger partial charge in [0.05, 0.1) is 0 Å². The van der Waals surface area contributed by atoms with E-state index in [0.29, 0.717) is 0 Å². The average Bonchev–Trinajstić information content (AvgIpc) is 2.42. The van der Waals surface area contributed by atoms with Crippen LogP contribution in [-0.2, 0) is 23.3 Å². The lowest BCUT2D eigenvalue weighted by Crippen LogP contribution is -2.26. The van der Waals surface area contributed by atoms with Crippen LogP contribution in [0.2, 0.25) is 11.1 Å². The molecular formula is C15H23ClOSi. The van der Waals surface area contributed by atoms with Gasteiger partial charge in [0.2, 0.25) is 0 Å². The highest BCUT2D eigenvalue weighted by atomic mass is 35.5. The summed E-state index contributed by atoms with van der Waals surface area (Å²) in [6.45, 7) is 5.37. The zero-order chi connectivity index (χ0) is 13.0. The van der Waals surface area contributed by atoms with Crippen molar-refractivity contribution >= 4 is 20.6 Å². The smallest absolute Gasteiger partial charge is 0.181 e. The van der Waals surface area contributed by atoms with Crippen LogP contribution in [0.3, 0.4) is 0 Å². The summed E-state index contributed by atoms with van der Waals surface area (Å²) in [4.78, 5) is 0. The zero-order valence-corrected chi connectivity index (χ0v) is 13.4. The third-order valence-corrected chi connectivity index (χ3v) is 7.00. The molecule has 1 fully saturated rings. The Kier molecular flexibility index (Phi) is 5.28. The van der Waals surface area contributed by atoms with Crippen molar-refractivity contribution in [3.05, 3.63) is 33.8 Å². The molecule has 1 heterocycles. The Balaban J connectivity index is 2.17. The monoisotopic (exact) mass is 282 g/mol. The molecule has 18 heavy (non-hydrogen) atoms. The van der Waals surface area contributed by atoms with Crippen LogP contribution in [0.1, 0.15) is 43.4 Å². The summed E-state index contributed by atoms with van der Waals surface area (Å²) in [6.07, 6.45) is 4.69. The molecule has 1 aliphatic heterocycles. The molecule has 100 valence electrons. The highest BCUT2D eigenvalue weighted by molar-refractivity contribution is 6.51. The van der Waals surface area contributed by atoms with Gasteiger partial charge in [-0.05, 0) is 48.0 Å². The second kappa shape index (κ2) is 6.74. The summed E-state index contributed by atoms with van der Waals surface area (Å²) in [5.41, 5.74) is 4.07. The second-order valence-corrected chi connectivity index (χ2v) is 8.02. The number of aryl methyl sites for hydroxylation is 1. The molecule has 0 bridgehead atoms. The Morgan fingerprint density at radius 2 is 1.94 bits per heavy atom. The molecule has 0 N–H and O–H groups in total. The maximum absolute atomic E-state index is 6.58. The topological polar surface area (TPSA) is 9.23 Å². The number of hydrogen-bond acceptors (Lipinski definition) is 1. The van der Waals surface area contributed by atoms with E-state index in [9.17, 15) is 0 Å². The summed E-state index contributed by atoms with van der Waals surface area (Å²) >= 11 is 6.58. The standard InChI is InChI=1S/C15H23ClOSi/c1-3-12-7-8-13(15(16)14(12)4-2)11-18-10-6-5-9-17-18/h7-8,18H,3-6,9-11H2,1-2H3. The summed E-state index contributed by atoms with van der Waals surface area (Å²) in [5, 5.41) is 1.01. The Morgan fingerprint density at radius 3 is 2.56 bits per heavy atom. The first-order valence-electron chi connectivity index (χ1n) is 7.17. The van der Waals surface area contributed by atoms with Gasteiger partial charge in [0.25, 0.3) is 0 Å². The van der Waals surface area contributed by atoms with Gasteiger partial charge in [-0.1, -0.05) is 44.0 Å². The molecule has 3 heteroatoms. The quantitative estimate of drug-likeness (QED) is 0.756. The summed E-state index contributed by atoms with van der Waals surface area (Å²) in [5.74, 6) is 0. The lowest BCUT2D eigenvalue weighted by Gasteiger charge is -2.22. The summed E-state index contributed by atoms with van der Waals surface area (Å²) < 4.78 is 5.95. The lowest BCUT2D eigenvalue weighted by atomic mass is 10.0. The van der Waals surface area contributed by atoms with Crippen LogP contribution in [0.15, 0.2) is 12.1 Å². The molecule has 0 radical (unpaired) electrons. The van der Waals surface area contributed by atoms with Crippen LogP contribution in [0.25, 0.3) is 0 Å². The molecule has 0 spiro atoms. The van der Waals surface area contributed by atoms with Crippen LogP contribution >= 0.6 is 11.6 Å². The van der Waals surface area contributed by atoms with E-state index in [-0.39, 0.29) is 0 Å². The van der Waals surface area contributed by atoms with Crippen molar-refractivity contribution in [3.8, 4) is 0 Å². The minimum atomic E-state index is -1.02. The third kappa shape index (κ3) is 3.17. The van der Waals surface area contributed by atoms with Crippen molar-refractivity contribution in [3.63, 3.8) is 0 Å². The van der Waals surface area contributed by atoms with E-state index < -0.39 is 9.04 Å². The first kappa shape index (κ1) is 14.1. The maximum Gasteiger partial charge on any atom is 0.181 e. The fourth-order valence-corrected chi connectivity index (χ4v) is 5.88. The summed E-state index contributed by atoms with van der Waals surface area (Å²) in [6, 6.07) is 6.91. The second-order valence-electron chi connectivity index (χ2n) is 5.08. The molecule has 2 rings (SSSR count). The van der Waals surface area contributed by atoms with Crippen molar-refractivity contribution in [2.45, 2.75) is 51.6 Å². The molecule has 1 nitrogen and oxygen atoms in total. The van der Waals surface area contributed by atoms with Crippen LogP contribution in [0.5, 0.6) is 0 Å². The largest absolute Gasteiger partial charge is 0.420 e. The Bertz CT molecular complexity index is 400. The normalized spacial score (nSPS) is 20.1. The molecule has 0 aromatic heterocycles. The Morgan fingerprint density at radius 1 is 1.17 bits per heavy atom. The molecule has 0 amide bonds. The average molecular weight is 283 g/mol. The van der Waals surface area contributed by atoms with Gasteiger partial charge in [0.1, 0.15) is 0 Å². The van der Waals surface area contributed by atoms with Gasteiger partial charge >= 0.3 is 0 Å². The molecular weight excluding hydrogens is 260 g/mol. The van der Waals surface area contributed by atoms with E-state index in [1.54, 1.807) is 0 Å². The van der Waals surface area contributed by atoms with E-state index in [1.807, 2.05) is 0 Å². The van der Waals surface area contributed by atoms with E-state index >= 15 is 0 Å². The first-order valence-corrected chi connectivity index (χ1v) is 9.65. The van der Waals surface area contributed by atoms with Gasteiger partial charge in [0, 0.05) is 11.6 Å². The van der Waals surface area contributed by atoms with Gasteiger partial charge in [-0.2, -0.15) is 0 Å². The highest BCUT2D eigenvalue weighted by Gasteiger charge is 2.19. The molecule has 1 unspecified atom stereocenters. The minimum absolute atomic E-state index is 0.974. The van der Waals surface area contributed by atoms with E-state index in [2.05, 4.69) is 26.0 Å². The Labute approximate surface area is 117 Å². The predicted octanol–water partition coefficient (Wildman–Crippen LogP) is 4.08. The minimum Gasteiger partial charge on any atom is -0.420 e. The van der Waals surface area contributed by atoms with Gasteiger partial charge in [-0.15, -0.1) is 0 Å². The predicted molar refractivity (Wildman–Crippen MR) is 81.1 cm³/mol. The molecule has 1 aliphatic rings. The summed E-state index contributed by atoms with van der Waals surface area (Å²) in [7, 11) is -1.02. The fourth-order valence-electron chi connectivity index (χ4n) is 2.79. The Hall–Kier alpha value is -0.313. The molecule has 1 saturated heterocycles. The van der Waals surface area contributed by atoms with Crippen molar-refractivity contribution in [1.29, 1.82) is 0 Å². The van der Waals surface area contributed by atoms with Gasteiger partial charge in [-0.3, -0.25) is 0 Å². The number of rotatable bonds is 4. The van der Waals surface area contributed by atoms with Crippen molar-refractivity contribution in [2.75, 3.05) is 6.61 Å². The SMILES string of the molecule is CCc1ccc(C[SiH]2CCCCO2)c(Cl)c1CC. The van der Waals surface area contributed by atoms with Gasteiger partial charge < -0.3 is 4.43 Å². The van der Waals surface area contributed by atoms with Crippen molar-refractivity contribution in [2.24, 2.45) is 0 Å². The van der Waals surface area contributed by atoms with E-state index in [4.69, 9.17) is 16.0 Å². The number of benzene rings is 1. The third-order valence-electron chi connectivity index (χ3n) is 3.88. The highest BCUT2D eigenvalue weighted by Crippen LogP contribution is 2.28. The first-order chi connectivity index (χ1) is 8.76. The van der Waals surface area contributed by atoms with Crippen LogP contribution < -0.4 is 0 Å². The fraction of sp³-hybridized carbons (Fsp3) is 0.600. The van der Waals surface area contributed by atoms with Gasteiger partial charge in [-0.25, -0.2) is 0 Å². The molecule has 0 saturated carbocycles. The molecule has 1 atom stereocenters. The van der Waals surface area contributed by atoms with Crippen LogP contribution in [0, 0.1) is 0 Å². The molecule has 1 aromatic rings. The molecule has 1 aromatic carbocycles. The number of hydrogen-bond donors (Lipinski definition) is 0.